The smallest absolute Gasteiger partial charge is 0.128 e. The zero-order valence-electron chi connectivity index (χ0n) is 10.7. The van der Waals surface area contributed by atoms with Gasteiger partial charge in [-0.1, -0.05) is 50.7 Å². The molecule has 2 nitrogen and oxygen atoms in total. The molecule has 2 fully saturated rings. The average Bonchev–Trinajstić information content (AvgIpc) is 2.30. The minimum atomic E-state index is 0.194. The van der Waals surface area contributed by atoms with Crippen LogP contribution in [0, 0.1) is 5.92 Å². The van der Waals surface area contributed by atoms with Gasteiger partial charge in [0.2, 0.25) is 0 Å². The number of hydrogen-bond acceptors (Lipinski definition) is 2. The van der Waals surface area contributed by atoms with Crippen molar-refractivity contribution in [2.75, 3.05) is 0 Å². The first-order chi connectivity index (χ1) is 8.04. The summed E-state index contributed by atoms with van der Waals surface area (Å²) < 4.78 is 0.194. The Kier molecular flexibility index (Phi) is 6.82. The number of thiol groups is 1. The predicted octanol–water partition coefficient (Wildman–Crippen LogP) is 3.39. The maximum absolute atomic E-state index is 6.53. The van der Waals surface area contributed by atoms with Crippen LogP contribution in [-0.2, 0) is 0 Å². The number of thiocarbonyl (C=S) groups is 1. The molecule has 0 unspecified atom stereocenters. The van der Waals surface area contributed by atoms with E-state index in [1.807, 2.05) is 0 Å². The molecule has 0 heterocycles. The molecule has 100 valence electrons. The van der Waals surface area contributed by atoms with Crippen molar-refractivity contribution in [2.45, 2.75) is 69.7 Å². The first kappa shape index (κ1) is 15.3. The highest BCUT2D eigenvalue weighted by Gasteiger charge is 2.36. The van der Waals surface area contributed by atoms with Gasteiger partial charge in [-0.3, -0.25) is 0 Å². The third-order valence-corrected chi connectivity index (χ3v) is 4.20. The minimum Gasteiger partial charge on any atom is -0.385 e. The van der Waals surface area contributed by atoms with Gasteiger partial charge in [0, 0.05) is 5.54 Å². The summed E-state index contributed by atoms with van der Waals surface area (Å²) in [4.78, 5) is 0. The summed E-state index contributed by atoms with van der Waals surface area (Å²) in [5.74, 6) is 0.863. The zero-order chi connectivity index (χ0) is 12.7. The molecular formula is C13H26N2S2. The van der Waals surface area contributed by atoms with Gasteiger partial charge in [0.25, 0.3) is 0 Å². The summed E-state index contributed by atoms with van der Waals surface area (Å²) in [7, 11) is 0. The zero-order valence-corrected chi connectivity index (χ0v) is 12.4. The fourth-order valence-electron chi connectivity index (χ4n) is 3.30. The average molecular weight is 274 g/mol. The van der Waals surface area contributed by atoms with E-state index in [4.69, 9.17) is 11.5 Å². The van der Waals surface area contributed by atoms with E-state index in [0.29, 0.717) is 0 Å². The maximum Gasteiger partial charge on any atom is 0.128 e. The van der Waals surface area contributed by atoms with Gasteiger partial charge in [-0.25, -0.2) is 0 Å². The molecule has 0 bridgehead atoms. The van der Waals surface area contributed by atoms with Crippen LogP contribution in [0.25, 0.3) is 0 Å². The summed E-state index contributed by atoms with van der Waals surface area (Å²) in [5.41, 5.74) is 11.5. The summed E-state index contributed by atoms with van der Waals surface area (Å²) >= 11 is 7.65. The Hall–Kier alpha value is 0.200. The van der Waals surface area contributed by atoms with Crippen molar-refractivity contribution in [3.8, 4) is 0 Å². The van der Waals surface area contributed by atoms with E-state index in [9.17, 15) is 0 Å². The lowest BCUT2D eigenvalue weighted by Gasteiger charge is -2.42. The number of rotatable bonds is 1. The molecule has 2 aliphatic carbocycles. The summed E-state index contributed by atoms with van der Waals surface area (Å²) in [5, 5.41) is 0. The largest absolute Gasteiger partial charge is 0.385 e. The molecule has 2 rings (SSSR count). The van der Waals surface area contributed by atoms with Gasteiger partial charge in [-0.2, -0.15) is 0 Å². The fraction of sp³-hybridized carbons (Fsp3) is 0.923. The fourth-order valence-corrected chi connectivity index (χ4v) is 3.30. The summed E-state index contributed by atoms with van der Waals surface area (Å²) in [6, 6.07) is 0. The molecule has 4 N–H and O–H groups in total. The molecule has 2 saturated carbocycles. The molecule has 0 spiro atoms. The molecule has 0 saturated heterocycles. The normalized spacial score (nSPS) is 24.6. The summed E-state index contributed by atoms with van der Waals surface area (Å²) in [6.45, 7) is 0. The van der Waals surface area contributed by atoms with Crippen LogP contribution in [-0.4, -0.2) is 9.86 Å². The highest BCUT2D eigenvalue weighted by atomic mass is 32.1. The van der Waals surface area contributed by atoms with E-state index >= 15 is 0 Å². The SMILES string of the molecule is NC(=S)S.NC1(C2CCCCC2)CCCCC1. The van der Waals surface area contributed by atoms with Crippen molar-refractivity contribution in [1.82, 2.24) is 0 Å². The second-order valence-electron chi connectivity index (χ2n) is 5.47. The third kappa shape index (κ3) is 5.58. The van der Waals surface area contributed by atoms with Crippen LogP contribution in [0.5, 0.6) is 0 Å². The van der Waals surface area contributed by atoms with Crippen molar-refractivity contribution >= 4 is 29.2 Å². The Morgan fingerprint density at radius 3 is 1.88 bits per heavy atom. The quantitative estimate of drug-likeness (QED) is 0.507. The summed E-state index contributed by atoms with van der Waals surface area (Å²) in [6.07, 6.45) is 13.9. The standard InChI is InChI=1S/C12H23N.CH3NS2/c13-12(9-5-2-6-10-12)11-7-3-1-4-8-11;2-1(3)4/h11H,1-10,13H2;(H3,2,3,4). The molecule has 0 aromatic rings. The Balaban J connectivity index is 0.000000317. The highest BCUT2D eigenvalue weighted by molar-refractivity contribution is 8.10. The van der Waals surface area contributed by atoms with Crippen LogP contribution in [0.4, 0.5) is 0 Å². The molecule has 2 aliphatic rings. The molecule has 0 atom stereocenters. The molecule has 17 heavy (non-hydrogen) atoms. The van der Waals surface area contributed by atoms with Crippen LogP contribution in [0.1, 0.15) is 64.2 Å². The van der Waals surface area contributed by atoms with Gasteiger partial charge < -0.3 is 11.5 Å². The molecule has 0 radical (unpaired) electrons. The van der Waals surface area contributed by atoms with Gasteiger partial charge in [0.1, 0.15) is 4.32 Å². The first-order valence-electron chi connectivity index (χ1n) is 6.82. The Bertz CT molecular complexity index is 228. The highest BCUT2D eigenvalue weighted by Crippen LogP contribution is 2.39. The van der Waals surface area contributed by atoms with E-state index < -0.39 is 0 Å². The molecule has 0 aromatic carbocycles. The molecule has 0 aromatic heterocycles. The lowest BCUT2D eigenvalue weighted by molar-refractivity contribution is 0.154. The van der Waals surface area contributed by atoms with Gasteiger partial charge in [0.15, 0.2) is 0 Å². The Labute approximate surface area is 116 Å². The van der Waals surface area contributed by atoms with Crippen molar-refractivity contribution < 1.29 is 0 Å². The van der Waals surface area contributed by atoms with Gasteiger partial charge >= 0.3 is 0 Å². The van der Waals surface area contributed by atoms with E-state index in [0.717, 1.165) is 5.92 Å². The van der Waals surface area contributed by atoms with Crippen molar-refractivity contribution in [3.05, 3.63) is 0 Å². The van der Waals surface area contributed by atoms with Crippen molar-refractivity contribution in [3.63, 3.8) is 0 Å². The maximum atomic E-state index is 6.53. The van der Waals surface area contributed by atoms with E-state index in [-0.39, 0.29) is 9.86 Å². The van der Waals surface area contributed by atoms with Crippen LogP contribution in [0.3, 0.4) is 0 Å². The molecule has 0 amide bonds. The van der Waals surface area contributed by atoms with Crippen molar-refractivity contribution in [2.24, 2.45) is 17.4 Å². The first-order valence-corrected chi connectivity index (χ1v) is 7.67. The lowest BCUT2D eigenvalue weighted by Crippen LogP contribution is -2.49. The second kappa shape index (κ2) is 7.59. The van der Waals surface area contributed by atoms with E-state index in [1.54, 1.807) is 0 Å². The van der Waals surface area contributed by atoms with Crippen LogP contribution in [0.15, 0.2) is 0 Å². The van der Waals surface area contributed by atoms with Gasteiger partial charge in [-0.05, 0) is 31.6 Å². The molecular weight excluding hydrogens is 248 g/mol. The van der Waals surface area contributed by atoms with Gasteiger partial charge in [0.05, 0.1) is 0 Å². The predicted molar refractivity (Wildman–Crippen MR) is 82.3 cm³/mol. The lowest BCUT2D eigenvalue weighted by atomic mass is 9.68. The topological polar surface area (TPSA) is 52.0 Å². The number of hydrogen-bond donors (Lipinski definition) is 3. The Morgan fingerprint density at radius 2 is 1.41 bits per heavy atom. The minimum absolute atomic E-state index is 0.194. The van der Waals surface area contributed by atoms with Gasteiger partial charge in [-0.15, -0.1) is 12.6 Å². The van der Waals surface area contributed by atoms with E-state index in [2.05, 4.69) is 24.8 Å². The monoisotopic (exact) mass is 274 g/mol. The third-order valence-electron chi connectivity index (χ3n) is 4.20. The van der Waals surface area contributed by atoms with Crippen molar-refractivity contribution in [1.29, 1.82) is 0 Å². The van der Waals surface area contributed by atoms with Crippen LogP contribution >= 0.6 is 24.8 Å². The number of nitrogens with two attached hydrogens (primary N) is 2. The second-order valence-corrected chi connectivity index (χ2v) is 6.69. The molecule has 0 aliphatic heterocycles. The Morgan fingerprint density at radius 1 is 1.00 bits per heavy atom. The molecule has 4 heteroatoms. The van der Waals surface area contributed by atoms with Crippen LogP contribution < -0.4 is 11.5 Å². The van der Waals surface area contributed by atoms with Crippen LogP contribution in [0.2, 0.25) is 0 Å². The van der Waals surface area contributed by atoms with E-state index in [1.165, 1.54) is 64.2 Å².